The van der Waals surface area contributed by atoms with Gasteiger partial charge in [0.1, 0.15) is 11.3 Å². The molecular weight excluding hydrogens is 539 g/mol. The van der Waals surface area contributed by atoms with Gasteiger partial charge < -0.3 is 9.64 Å². The number of urea groups is 1. The second kappa shape index (κ2) is 9.32. The number of ether oxygens (including phenoxy) is 1. The monoisotopic (exact) mass is 571 g/mol. The van der Waals surface area contributed by atoms with E-state index in [1.807, 2.05) is 13.8 Å². The highest BCUT2D eigenvalue weighted by atomic mass is 19.4. The fraction of sp³-hybridized carbons (Fsp3) is 0.467. The lowest BCUT2D eigenvalue weighted by molar-refractivity contribution is -0.149. The maximum Gasteiger partial charge on any atom is 0.416 e. The molecule has 41 heavy (non-hydrogen) atoms. The van der Waals surface area contributed by atoms with Crippen LogP contribution in [-0.4, -0.2) is 51.7 Å². The summed E-state index contributed by atoms with van der Waals surface area (Å²) in [5.41, 5.74) is -3.02. The zero-order valence-electron chi connectivity index (χ0n) is 23.7. The standard InChI is InChI=1S/C30H32F3N3O5/c1-16(2)15-29-22-21(24(37)36(25(22)38)28(3,4)5)23(17-7-13-20(41-6)14-8-17)35(29)27(40)34(26(29)39)19-11-9-18(10-12-19)30(31,32)33/h7-14,16,21-23H,15H2,1-6H3/t21?,22?,23?,29-/m1/s1. The van der Waals surface area contributed by atoms with Gasteiger partial charge in [0.05, 0.1) is 36.2 Å². The van der Waals surface area contributed by atoms with Crippen molar-refractivity contribution in [2.24, 2.45) is 17.8 Å². The number of hydrogen-bond acceptors (Lipinski definition) is 5. The number of rotatable bonds is 5. The van der Waals surface area contributed by atoms with E-state index in [1.165, 1.54) is 16.9 Å². The van der Waals surface area contributed by atoms with Crippen LogP contribution in [0.25, 0.3) is 0 Å². The number of alkyl halides is 3. The summed E-state index contributed by atoms with van der Waals surface area (Å²) in [7, 11) is 1.50. The first-order valence-corrected chi connectivity index (χ1v) is 13.4. The van der Waals surface area contributed by atoms with E-state index >= 15 is 0 Å². The summed E-state index contributed by atoms with van der Waals surface area (Å²) in [6.07, 6.45) is -4.52. The number of imide groups is 2. The van der Waals surface area contributed by atoms with Gasteiger partial charge in [-0.15, -0.1) is 0 Å². The Kier molecular flexibility index (Phi) is 6.51. The molecule has 0 saturated carbocycles. The van der Waals surface area contributed by atoms with Crippen LogP contribution < -0.4 is 9.64 Å². The number of carbonyl (C=O) groups is 4. The van der Waals surface area contributed by atoms with Gasteiger partial charge in [0.2, 0.25) is 11.8 Å². The Morgan fingerprint density at radius 1 is 0.902 bits per heavy atom. The van der Waals surface area contributed by atoms with Crippen LogP contribution >= 0.6 is 0 Å². The van der Waals surface area contributed by atoms with Crippen LogP contribution in [0.4, 0.5) is 23.7 Å². The highest BCUT2D eigenvalue weighted by Gasteiger charge is 2.77. The third-order valence-corrected chi connectivity index (χ3v) is 8.19. The highest BCUT2D eigenvalue weighted by Crippen LogP contribution is 2.61. The molecule has 3 unspecified atom stereocenters. The van der Waals surface area contributed by atoms with Gasteiger partial charge >= 0.3 is 12.2 Å². The first kappa shape index (κ1) is 28.6. The van der Waals surface area contributed by atoms with E-state index in [4.69, 9.17) is 4.74 Å². The van der Waals surface area contributed by atoms with E-state index < -0.39 is 64.4 Å². The number of fused-ring (bicyclic) bond motifs is 3. The Bertz CT molecular complexity index is 1410. The molecule has 5 rings (SSSR count). The molecule has 11 heteroatoms. The predicted molar refractivity (Wildman–Crippen MR) is 143 cm³/mol. The zero-order chi connectivity index (χ0) is 30.2. The molecule has 3 saturated heterocycles. The summed E-state index contributed by atoms with van der Waals surface area (Å²) in [6.45, 7) is 8.90. The predicted octanol–water partition coefficient (Wildman–Crippen LogP) is 5.42. The maximum atomic E-state index is 14.5. The van der Waals surface area contributed by atoms with Crippen molar-refractivity contribution in [1.29, 1.82) is 0 Å². The molecule has 2 aromatic rings. The minimum Gasteiger partial charge on any atom is -0.497 e. The first-order chi connectivity index (χ1) is 19.1. The number of anilines is 1. The van der Waals surface area contributed by atoms with Crippen LogP contribution in [0.1, 0.15) is 58.2 Å². The van der Waals surface area contributed by atoms with Crippen molar-refractivity contribution >= 4 is 29.4 Å². The lowest BCUT2D eigenvalue weighted by atomic mass is 9.74. The van der Waals surface area contributed by atoms with Crippen molar-refractivity contribution in [3.05, 3.63) is 59.7 Å². The van der Waals surface area contributed by atoms with Gasteiger partial charge in [-0.2, -0.15) is 13.2 Å². The molecule has 0 aromatic heterocycles. The Morgan fingerprint density at radius 3 is 1.98 bits per heavy atom. The molecule has 5 amide bonds. The second-order valence-corrected chi connectivity index (χ2v) is 12.3. The van der Waals surface area contributed by atoms with E-state index in [1.54, 1.807) is 45.0 Å². The van der Waals surface area contributed by atoms with Crippen molar-refractivity contribution < 1.29 is 37.1 Å². The number of methoxy groups -OCH3 is 1. The fourth-order valence-corrected chi connectivity index (χ4v) is 6.77. The number of benzene rings is 2. The minimum absolute atomic E-state index is 0.0417. The van der Waals surface area contributed by atoms with Crippen molar-refractivity contribution in [2.75, 3.05) is 12.0 Å². The van der Waals surface area contributed by atoms with E-state index in [0.717, 1.165) is 29.2 Å². The summed E-state index contributed by atoms with van der Waals surface area (Å²) in [5.74, 6) is -3.55. The van der Waals surface area contributed by atoms with Crippen LogP contribution in [0, 0.1) is 17.8 Å². The molecule has 8 nitrogen and oxygen atoms in total. The number of likely N-dealkylation sites (tertiary alicyclic amines) is 1. The summed E-state index contributed by atoms with van der Waals surface area (Å²) >= 11 is 0. The molecule has 218 valence electrons. The van der Waals surface area contributed by atoms with Crippen molar-refractivity contribution in [3.8, 4) is 5.75 Å². The Labute approximate surface area is 236 Å². The third-order valence-electron chi connectivity index (χ3n) is 8.19. The smallest absolute Gasteiger partial charge is 0.416 e. The molecule has 3 heterocycles. The largest absolute Gasteiger partial charge is 0.497 e. The van der Waals surface area contributed by atoms with E-state index in [-0.39, 0.29) is 18.0 Å². The van der Waals surface area contributed by atoms with Crippen LogP contribution in [0.3, 0.4) is 0 Å². The molecule has 4 atom stereocenters. The molecule has 0 radical (unpaired) electrons. The van der Waals surface area contributed by atoms with Gasteiger partial charge in [-0.1, -0.05) is 26.0 Å². The SMILES string of the molecule is COc1ccc(C2C3C(=O)N(C(C)(C)C)C(=O)C3[C@]3(CC(C)C)C(=O)N(c4ccc(C(F)(F)F)cc4)C(=O)N23)cc1. The average molecular weight is 572 g/mol. The van der Waals surface area contributed by atoms with Crippen LogP contribution in [-0.2, 0) is 20.6 Å². The van der Waals surface area contributed by atoms with Gasteiger partial charge in [-0.25, -0.2) is 9.69 Å². The Hall–Kier alpha value is -3.89. The molecule has 0 spiro atoms. The lowest BCUT2D eigenvalue weighted by Crippen LogP contribution is -2.56. The molecule has 3 fully saturated rings. The molecular formula is C30H32F3N3O5. The molecule has 3 aliphatic heterocycles. The molecule has 2 aromatic carbocycles. The van der Waals surface area contributed by atoms with Gasteiger partial charge in [-0.05, 0) is 75.1 Å². The Balaban J connectivity index is 1.73. The first-order valence-electron chi connectivity index (χ1n) is 13.4. The highest BCUT2D eigenvalue weighted by molar-refractivity contribution is 6.27. The topological polar surface area (TPSA) is 87.2 Å². The molecule has 0 bridgehead atoms. The second-order valence-electron chi connectivity index (χ2n) is 12.3. The summed E-state index contributed by atoms with van der Waals surface area (Å²) < 4.78 is 45.0. The zero-order valence-corrected chi connectivity index (χ0v) is 23.7. The Morgan fingerprint density at radius 2 is 1.49 bits per heavy atom. The normalized spacial score (nSPS) is 26.4. The number of halogens is 3. The summed E-state index contributed by atoms with van der Waals surface area (Å²) in [5, 5.41) is 0. The molecule has 0 N–H and O–H groups in total. The van der Waals surface area contributed by atoms with Crippen LogP contribution in [0.5, 0.6) is 5.75 Å². The molecule has 3 aliphatic rings. The van der Waals surface area contributed by atoms with Crippen molar-refractivity contribution in [1.82, 2.24) is 9.80 Å². The number of carbonyl (C=O) groups excluding carboxylic acids is 4. The fourth-order valence-electron chi connectivity index (χ4n) is 6.77. The third kappa shape index (κ3) is 4.11. The summed E-state index contributed by atoms with van der Waals surface area (Å²) in [4.78, 5) is 60.3. The van der Waals surface area contributed by atoms with Crippen molar-refractivity contribution in [2.45, 2.75) is 64.3 Å². The number of hydrogen-bond donors (Lipinski definition) is 0. The average Bonchev–Trinajstić information content (AvgIpc) is 3.40. The van der Waals surface area contributed by atoms with Gasteiger partial charge in [-0.3, -0.25) is 19.3 Å². The van der Waals surface area contributed by atoms with E-state index in [9.17, 15) is 32.3 Å². The van der Waals surface area contributed by atoms with Crippen LogP contribution in [0.15, 0.2) is 48.5 Å². The van der Waals surface area contributed by atoms with E-state index in [2.05, 4.69) is 0 Å². The van der Waals surface area contributed by atoms with E-state index in [0.29, 0.717) is 11.3 Å². The maximum absolute atomic E-state index is 14.5. The van der Waals surface area contributed by atoms with Crippen molar-refractivity contribution in [3.63, 3.8) is 0 Å². The number of nitrogens with zero attached hydrogens (tertiary/aromatic N) is 3. The lowest BCUT2D eigenvalue weighted by Gasteiger charge is -2.38. The molecule has 0 aliphatic carbocycles. The van der Waals surface area contributed by atoms with Gasteiger partial charge in [0.15, 0.2) is 0 Å². The summed E-state index contributed by atoms with van der Waals surface area (Å²) in [6, 6.07) is 8.76. The van der Waals surface area contributed by atoms with Crippen LogP contribution in [0.2, 0.25) is 0 Å². The van der Waals surface area contributed by atoms with Gasteiger partial charge in [0, 0.05) is 5.54 Å². The number of amides is 5. The minimum atomic E-state index is -4.60. The quantitative estimate of drug-likeness (QED) is 0.353. The van der Waals surface area contributed by atoms with Gasteiger partial charge in [0.25, 0.3) is 5.91 Å².